The lowest BCUT2D eigenvalue weighted by molar-refractivity contribution is 0.660. The number of benzene rings is 9. The first-order chi connectivity index (χ1) is 29.1. The minimum Gasteiger partial charge on any atom is -0.310 e. The minimum atomic E-state index is -0.138. The molecule has 59 heavy (non-hydrogen) atoms. The largest absolute Gasteiger partial charge is 0.310 e. The number of nitrogens with zero attached hydrogens (tertiary/aromatic N) is 2. The molecule has 0 amide bonds. The van der Waals surface area contributed by atoms with Crippen LogP contribution < -0.4 is 4.90 Å². The van der Waals surface area contributed by atoms with Crippen LogP contribution in [0.5, 0.6) is 0 Å². The molecule has 0 fully saturated rings. The molecule has 1 aliphatic carbocycles. The second-order valence-corrected chi connectivity index (χ2v) is 16.1. The van der Waals surface area contributed by atoms with Crippen LogP contribution in [0, 0.1) is 0 Å². The van der Waals surface area contributed by atoms with Crippen molar-refractivity contribution in [1.82, 2.24) is 4.57 Å². The Labute approximate surface area is 345 Å². The molecule has 2 heteroatoms. The van der Waals surface area contributed by atoms with E-state index in [0.717, 1.165) is 22.7 Å². The zero-order valence-electron chi connectivity index (χ0n) is 33.2. The maximum absolute atomic E-state index is 2.46. The number of hydrogen-bond donors (Lipinski definition) is 0. The zero-order chi connectivity index (χ0) is 39.5. The van der Waals surface area contributed by atoms with Crippen LogP contribution in [-0.2, 0) is 5.41 Å². The summed E-state index contributed by atoms with van der Waals surface area (Å²) >= 11 is 0. The summed E-state index contributed by atoms with van der Waals surface area (Å²) in [5.41, 5.74) is 19.3. The van der Waals surface area contributed by atoms with Gasteiger partial charge in [-0.15, -0.1) is 0 Å². The molecule has 0 aliphatic heterocycles. The summed E-state index contributed by atoms with van der Waals surface area (Å²) < 4.78 is 2.39. The molecule has 0 unspecified atom stereocenters. The predicted octanol–water partition coefficient (Wildman–Crippen LogP) is 15.6. The van der Waals surface area contributed by atoms with Gasteiger partial charge in [0.05, 0.1) is 16.7 Å². The van der Waals surface area contributed by atoms with Gasteiger partial charge in [-0.1, -0.05) is 178 Å². The van der Waals surface area contributed by atoms with Crippen molar-refractivity contribution in [2.75, 3.05) is 4.90 Å². The van der Waals surface area contributed by atoms with Gasteiger partial charge in [-0.05, 0) is 105 Å². The average molecular weight is 755 g/mol. The van der Waals surface area contributed by atoms with Crippen LogP contribution in [0.4, 0.5) is 17.1 Å². The summed E-state index contributed by atoms with van der Waals surface area (Å²) in [6, 6.07) is 79.9. The predicted molar refractivity (Wildman–Crippen MR) is 249 cm³/mol. The van der Waals surface area contributed by atoms with E-state index in [4.69, 9.17) is 0 Å². The van der Waals surface area contributed by atoms with E-state index in [2.05, 4.69) is 242 Å². The van der Waals surface area contributed by atoms with Crippen molar-refractivity contribution in [3.63, 3.8) is 0 Å². The summed E-state index contributed by atoms with van der Waals surface area (Å²) in [4.78, 5) is 2.46. The van der Waals surface area contributed by atoms with E-state index in [1.54, 1.807) is 0 Å². The van der Waals surface area contributed by atoms with Crippen LogP contribution in [0.15, 0.2) is 218 Å². The fourth-order valence-electron chi connectivity index (χ4n) is 9.65. The van der Waals surface area contributed by atoms with Crippen molar-refractivity contribution in [3.05, 3.63) is 230 Å². The number of rotatable bonds is 7. The minimum absolute atomic E-state index is 0.138. The normalized spacial score (nSPS) is 12.7. The van der Waals surface area contributed by atoms with E-state index in [1.807, 2.05) is 0 Å². The van der Waals surface area contributed by atoms with Crippen molar-refractivity contribution < 1.29 is 0 Å². The second kappa shape index (κ2) is 13.9. The smallest absolute Gasteiger partial charge is 0.0541 e. The van der Waals surface area contributed by atoms with Gasteiger partial charge in [0.15, 0.2) is 0 Å². The Morgan fingerprint density at radius 3 is 1.51 bits per heavy atom. The van der Waals surface area contributed by atoms with Gasteiger partial charge in [0, 0.05) is 38.8 Å². The summed E-state index contributed by atoms with van der Waals surface area (Å²) in [6.07, 6.45) is 0. The third kappa shape index (κ3) is 5.63. The topological polar surface area (TPSA) is 8.17 Å². The highest BCUT2D eigenvalue weighted by Crippen LogP contribution is 2.52. The summed E-state index contributed by atoms with van der Waals surface area (Å²) in [7, 11) is 0. The number of fused-ring (bicyclic) bond motifs is 6. The summed E-state index contributed by atoms with van der Waals surface area (Å²) in [5.74, 6) is 0. The Morgan fingerprint density at radius 2 is 0.831 bits per heavy atom. The molecule has 0 bridgehead atoms. The second-order valence-electron chi connectivity index (χ2n) is 16.1. The lowest BCUT2D eigenvalue weighted by Crippen LogP contribution is -2.17. The van der Waals surface area contributed by atoms with E-state index < -0.39 is 0 Å². The molecule has 0 atom stereocenters. The van der Waals surface area contributed by atoms with Crippen LogP contribution in [0.2, 0.25) is 0 Å². The third-order valence-corrected chi connectivity index (χ3v) is 12.4. The van der Waals surface area contributed by atoms with Crippen LogP contribution in [0.1, 0.15) is 25.0 Å². The molecule has 0 spiro atoms. The fourth-order valence-corrected chi connectivity index (χ4v) is 9.65. The lowest BCUT2D eigenvalue weighted by Gasteiger charge is -2.30. The molecule has 1 heterocycles. The van der Waals surface area contributed by atoms with Gasteiger partial charge in [-0.25, -0.2) is 0 Å². The molecule has 0 N–H and O–H groups in total. The van der Waals surface area contributed by atoms with E-state index >= 15 is 0 Å². The van der Waals surface area contributed by atoms with Crippen LogP contribution in [-0.4, -0.2) is 4.57 Å². The maximum atomic E-state index is 2.46. The van der Waals surface area contributed by atoms with Crippen LogP contribution in [0.25, 0.3) is 72.0 Å². The molecule has 0 radical (unpaired) electrons. The van der Waals surface area contributed by atoms with Gasteiger partial charge in [0.25, 0.3) is 0 Å². The summed E-state index contributed by atoms with van der Waals surface area (Å²) in [6.45, 7) is 4.72. The zero-order valence-corrected chi connectivity index (χ0v) is 33.2. The number of para-hydroxylation sites is 3. The van der Waals surface area contributed by atoms with Crippen molar-refractivity contribution in [2.24, 2.45) is 0 Å². The molecule has 9 aromatic carbocycles. The highest BCUT2D eigenvalue weighted by molar-refractivity contribution is 6.09. The summed E-state index contributed by atoms with van der Waals surface area (Å²) in [5, 5.41) is 2.52. The SMILES string of the molecule is CC1(C)c2ccccc2-c2ccc(N(c3ccc(-n4c5ccccc5c5ccccc54)cc3)c3ccccc3-c3ccccc3-c3ccccc3-c3ccccc3)cc21. The molecular weight excluding hydrogens is 713 g/mol. The molecule has 0 saturated heterocycles. The lowest BCUT2D eigenvalue weighted by atomic mass is 9.82. The standard InChI is InChI=1S/C57H42N2/c1-57(2)52-28-14-10-24-47(52)48-37-36-42(38-53(48)57)58(40-32-34-41(35-33-40)59-55-30-16-12-26-50(55)51-27-13-17-31-56(51)59)54-29-15-11-25-49(54)46-23-9-8-22-45(46)44-21-7-6-20-43(44)39-18-4-3-5-19-39/h3-38H,1-2H3. The Kier molecular flexibility index (Phi) is 8.20. The van der Waals surface area contributed by atoms with Crippen LogP contribution in [0.3, 0.4) is 0 Å². The number of hydrogen-bond acceptors (Lipinski definition) is 1. The van der Waals surface area contributed by atoms with Gasteiger partial charge in [0.1, 0.15) is 0 Å². The van der Waals surface area contributed by atoms with Gasteiger partial charge < -0.3 is 9.47 Å². The first-order valence-corrected chi connectivity index (χ1v) is 20.5. The Hall–Kier alpha value is -7.42. The number of anilines is 3. The molecule has 1 aromatic heterocycles. The molecule has 280 valence electrons. The monoisotopic (exact) mass is 754 g/mol. The molecule has 0 saturated carbocycles. The van der Waals surface area contributed by atoms with E-state index in [-0.39, 0.29) is 5.41 Å². The van der Waals surface area contributed by atoms with E-state index in [9.17, 15) is 0 Å². The van der Waals surface area contributed by atoms with Crippen molar-refractivity contribution in [2.45, 2.75) is 19.3 Å². The van der Waals surface area contributed by atoms with E-state index in [1.165, 1.54) is 77.4 Å². The van der Waals surface area contributed by atoms with Gasteiger partial charge in [-0.2, -0.15) is 0 Å². The maximum Gasteiger partial charge on any atom is 0.0541 e. The molecular formula is C57H42N2. The molecule has 11 rings (SSSR count). The van der Waals surface area contributed by atoms with Gasteiger partial charge in [-0.3, -0.25) is 0 Å². The van der Waals surface area contributed by atoms with E-state index in [0.29, 0.717) is 0 Å². The van der Waals surface area contributed by atoms with Crippen molar-refractivity contribution >= 4 is 38.9 Å². The molecule has 10 aromatic rings. The average Bonchev–Trinajstić information content (AvgIpc) is 3.75. The first-order valence-electron chi connectivity index (χ1n) is 20.5. The first kappa shape index (κ1) is 34.8. The third-order valence-electron chi connectivity index (χ3n) is 12.4. The molecule has 1 aliphatic rings. The highest BCUT2D eigenvalue weighted by Gasteiger charge is 2.36. The van der Waals surface area contributed by atoms with Crippen molar-refractivity contribution in [3.8, 4) is 50.2 Å². The Bertz CT molecular complexity index is 3130. The van der Waals surface area contributed by atoms with Gasteiger partial charge in [0.2, 0.25) is 0 Å². The Balaban J connectivity index is 1.11. The quantitative estimate of drug-likeness (QED) is 0.157. The highest BCUT2D eigenvalue weighted by atomic mass is 15.1. The van der Waals surface area contributed by atoms with Gasteiger partial charge >= 0.3 is 0 Å². The van der Waals surface area contributed by atoms with Crippen molar-refractivity contribution in [1.29, 1.82) is 0 Å². The Morgan fingerprint density at radius 1 is 0.356 bits per heavy atom. The number of aromatic nitrogens is 1. The fraction of sp³-hybridized carbons (Fsp3) is 0.0526. The van der Waals surface area contributed by atoms with Crippen LogP contribution >= 0.6 is 0 Å². The molecule has 2 nitrogen and oxygen atoms in total.